The normalized spacial score (nSPS) is 9.46. The van der Waals surface area contributed by atoms with Gasteiger partial charge in [-0.1, -0.05) is 130 Å². The zero-order valence-electron chi connectivity index (χ0n) is 26.7. The Morgan fingerprint density at radius 2 is 0.463 bits per heavy atom. The van der Waals surface area contributed by atoms with E-state index in [0.29, 0.717) is 0 Å². The first-order valence-corrected chi connectivity index (χ1v) is 15.9. The van der Waals surface area contributed by atoms with Crippen molar-refractivity contribution in [3.63, 3.8) is 0 Å². The molecule has 0 aliphatic heterocycles. The molecule has 0 saturated heterocycles. The molecule has 0 heterocycles. The summed E-state index contributed by atoms with van der Waals surface area (Å²) in [5, 5.41) is 39.7. The van der Waals surface area contributed by atoms with Crippen LogP contribution in [0.15, 0.2) is 0 Å². The van der Waals surface area contributed by atoms with Crippen LogP contribution >= 0.6 is 0 Å². The van der Waals surface area contributed by atoms with E-state index in [0.717, 1.165) is 77.0 Å². The molecule has 0 aliphatic rings. The summed E-state index contributed by atoms with van der Waals surface area (Å²) in [6.07, 6.45) is 22.4. The topological polar surface area (TPSA) is 161 Å². The average Bonchev–Trinajstić information content (AvgIpc) is 2.89. The van der Waals surface area contributed by atoms with Crippen LogP contribution in [0.3, 0.4) is 0 Å². The van der Waals surface area contributed by atoms with Gasteiger partial charge in [-0.15, -0.1) is 0 Å². The Kier molecular flexibility index (Phi) is 55.2. The monoisotopic (exact) mass is 780 g/mol. The van der Waals surface area contributed by atoms with Gasteiger partial charge in [0, 0.05) is 23.9 Å². The molecule has 41 heavy (non-hydrogen) atoms. The second-order valence-corrected chi connectivity index (χ2v) is 10.1. The maximum absolute atomic E-state index is 9.92. The molecule has 0 atom stereocenters. The number of hydrogen-bond acceptors (Lipinski definition) is 8. The van der Waals surface area contributed by atoms with E-state index in [4.69, 9.17) is 0 Å². The molecule has 0 N–H and O–H groups in total. The number of aliphatic carboxylic acids is 4. The smallest absolute Gasteiger partial charge is 0.550 e. The van der Waals surface area contributed by atoms with Crippen molar-refractivity contribution >= 4 is 51.2 Å². The van der Waals surface area contributed by atoms with E-state index in [1.165, 1.54) is 51.4 Å². The van der Waals surface area contributed by atoms with E-state index < -0.39 is 23.9 Å². The number of carbonyl (C=O) groups is 4. The van der Waals surface area contributed by atoms with Crippen LogP contribution in [0.2, 0.25) is 0 Å². The summed E-state index contributed by atoms with van der Waals surface area (Å²) in [6.45, 7) is 8.55. The molecule has 0 unspecified atom stereocenters. The summed E-state index contributed by atoms with van der Waals surface area (Å²) in [5.41, 5.74) is 0. The van der Waals surface area contributed by atoms with Crippen LogP contribution in [-0.4, -0.2) is 51.2 Å². The first-order valence-electron chi connectivity index (χ1n) is 15.9. The van der Waals surface area contributed by atoms with Gasteiger partial charge in [0.05, 0.1) is 0 Å². The van der Waals surface area contributed by atoms with Crippen molar-refractivity contribution < 1.29 is 39.6 Å². The second-order valence-electron chi connectivity index (χ2n) is 10.1. The van der Waals surface area contributed by atoms with Gasteiger partial charge in [-0.05, 0) is 51.4 Å². The van der Waals surface area contributed by atoms with Crippen molar-refractivity contribution in [1.82, 2.24) is 0 Å². The van der Waals surface area contributed by atoms with Crippen molar-refractivity contribution in [2.45, 2.75) is 182 Å². The predicted octanol–water partition coefficient (Wildman–Crippen LogP) is 4.01. The predicted molar refractivity (Wildman–Crippen MR) is 159 cm³/mol. The van der Waals surface area contributed by atoms with E-state index in [1.54, 1.807) is 0 Å². The molecule has 240 valence electrons. The van der Waals surface area contributed by atoms with E-state index >= 15 is 0 Å². The second kappa shape index (κ2) is 45.8. The third kappa shape index (κ3) is 73.2. The fraction of sp³-hybridized carbons (Fsp3) is 0.875. The Morgan fingerprint density at radius 3 is 0.585 bits per heavy atom. The van der Waals surface area contributed by atoms with Crippen LogP contribution < -0.4 is 20.4 Å². The van der Waals surface area contributed by atoms with Crippen LogP contribution in [0.4, 0.5) is 0 Å². The van der Waals surface area contributed by atoms with Gasteiger partial charge in [0.25, 0.3) is 0 Å². The molecule has 0 radical (unpaired) electrons. The molecule has 0 bridgehead atoms. The van der Waals surface area contributed by atoms with E-state index in [2.05, 4.69) is 27.7 Å². The Labute approximate surface area is 271 Å². The first-order chi connectivity index (χ1) is 19.1. The van der Waals surface area contributed by atoms with E-state index in [-0.39, 0.29) is 53.0 Å². The first kappa shape index (κ1) is 49.5. The van der Waals surface area contributed by atoms with E-state index in [1.807, 2.05) is 0 Å². The van der Waals surface area contributed by atoms with Crippen LogP contribution in [-0.2, 0) is 19.2 Å². The molecule has 0 rings (SSSR count). The standard InChI is InChI=1S/4C8H16O2.Pb/c4*1-2-3-4-5-6-7-8(9)10;/h4*2-7H2,1H3,(H,9,10);/q;;;;+4/p-4. The van der Waals surface area contributed by atoms with Gasteiger partial charge in [0.1, 0.15) is 0 Å². The van der Waals surface area contributed by atoms with Crippen LogP contribution in [0.5, 0.6) is 0 Å². The van der Waals surface area contributed by atoms with Crippen molar-refractivity contribution in [3.8, 4) is 0 Å². The minimum atomic E-state index is -0.920. The zero-order valence-corrected chi connectivity index (χ0v) is 30.6. The van der Waals surface area contributed by atoms with Crippen LogP contribution in [0, 0.1) is 0 Å². The van der Waals surface area contributed by atoms with Gasteiger partial charge in [-0.2, -0.15) is 0 Å². The molecule has 0 spiro atoms. The quantitative estimate of drug-likeness (QED) is 0.105. The summed E-state index contributed by atoms with van der Waals surface area (Å²) in [6, 6.07) is 0. The van der Waals surface area contributed by atoms with Gasteiger partial charge in [-0.25, -0.2) is 0 Å². The van der Waals surface area contributed by atoms with Gasteiger partial charge in [0.2, 0.25) is 0 Å². The summed E-state index contributed by atoms with van der Waals surface area (Å²) < 4.78 is 0. The number of rotatable bonds is 24. The SMILES string of the molecule is CCCCCCCC(=O)[O-].CCCCCCCC(=O)[O-].CCCCCCCC(=O)[O-].CCCCCCCC(=O)[O-].[Pb+4]. The summed E-state index contributed by atoms with van der Waals surface area (Å²) >= 11 is 0. The number of carboxylic acids is 4. The summed E-state index contributed by atoms with van der Waals surface area (Å²) in [5.74, 6) is -3.68. The minimum Gasteiger partial charge on any atom is -0.550 e. The van der Waals surface area contributed by atoms with Gasteiger partial charge >= 0.3 is 27.3 Å². The third-order valence-electron chi connectivity index (χ3n) is 5.94. The summed E-state index contributed by atoms with van der Waals surface area (Å²) in [7, 11) is 0. The van der Waals surface area contributed by atoms with Crippen molar-refractivity contribution in [2.24, 2.45) is 0 Å². The van der Waals surface area contributed by atoms with Crippen molar-refractivity contribution in [2.75, 3.05) is 0 Å². The Hall–Kier alpha value is -1.20. The fourth-order valence-electron chi connectivity index (χ4n) is 3.49. The maximum atomic E-state index is 9.92. The Balaban J connectivity index is -0.000000139. The molecule has 8 nitrogen and oxygen atoms in total. The molecule has 0 saturated carbocycles. The minimum absolute atomic E-state index is 0. The van der Waals surface area contributed by atoms with Gasteiger partial charge in [-0.3, -0.25) is 0 Å². The van der Waals surface area contributed by atoms with Crippen molar-refractivity contribution in [3.05, 3.63) is 0 Å². The maximum Gasteiger partial charge on any atom is 4.00 e. The number of carboxylic acid groups (broad SMARTS) is 4. The largest absolute Gasteiger partial charge is 4.00 e. The zero-order chi connectivity index (χ0) is 31.3. The Morgan fingerprint density at radius 1 is 0.317 bits per heavy atom. The van der Waals surface area contributed by atoms with E-state index in [9.17, 15) is 39.6 Å². The molecular weight excluding hydrogens is 720 g/mol. The number of carbonyl (C=O) groups excluding carboxylic acids is 4. The van der Waals surface area contributed by atoms with Crippen molar-refractivity contribution in [1.29, 1.82) is 0 Å². The fourth-order valence-corrected chi connectivity index (χ4v) is 3.49. The van der Waals surface area contributed by atoms with Crippen LogP contribution in [0.25, 0.3) is 0 Å². The number of unbranched alkanes of at least 4 members (excludes halogenated alkanes) is 16. The molecule has 0 fully saturated rings. The summed E-state index contributed by atoms with van der Waals surface area (Å²) in [4.78, 5) is 39.7. The third-order valence-corrected chi connectivity index (χ3v) is 5.94. The molecule has 0 aromatic heterocycles. The molecule has 0 aromatic carbocycles. The van der Waals surface area contributed by atoms with Gasteiger partial charge in [0.15, 0.2) is 0 Å². The number of hydrogen-bond donors (Lipinski definition) is 0. The Bertz CT molecular complexity index is 460. The average molecular weight is 780 g/mol. The molecule has 0 aliphatic carbocycles. The van der Waals surface area contributed by atoms with Gasteiger partial charge < -0.3 is 39.6 Å². The molecular formula is C32H60O8Pb. The van der Waals surface area contributed by atoms with Crippen LogP contribution in [0.1, 0.15) is 182 Å². The molecule has 0 amide bonds. The molecule has 0 aromatic rings. The molecule has 9 heteroatoms.